The Morgan fingerprint density at radius 3 is 2.03 bits per heavy atom. The van der Waals surface area contributed by atoms with Gasteiger partial charge in [0.25, 0.3) is 0 Å². The van der Waals surface area contributed by atoms with Gasteiger partial charge in [-0.2, -0.15) is 0 Å². The van der Waals surface area contributed by atoms with Crippen LogP contribution >= 0.6 is 0 Å². The van der Waals surface area contributed by atoms with E-state index in [9.17, 15) is 21.6 Å². The van der Waals surface area contributed by atoms with Gasteiger partial charge in [-0.25, -0.2) is 21.6 Å². The van der Waals surface area contributed by atoms with Crippen LogP contribution in [0.3, 0.4) is 0 Å². The lowest BCUT2D eigenvalue weighted by Gasteiger charge is -2.19. The third-order valence-corrected chi connectivity index (χ3v) is 7.56. The highest BCUT2D eigenvalue weighted by atomic mass is 32.2. The molecule has 1 aliphatic rings. The van der Waals surface area contributed by atoms with E-state index in [4.69, 9.17) is 0 Å². The number of rotatable bonds is 7. The second kappa shape index (κ2) is 8.25. The van der Waals surface area contributed by atoms with Crippen molar-refractivity contribution >= 4 is 31.5 Å². The van der Waals surface area contributed by atoms with Crippen molar-refractivity contribution in [2.24, 2.45) is 0 Å². The standard InChI is InChI=1S/C20H24N2O5S2/c1-3-19(15-6-10-17(11-7-15)28(2,24)25)21-29(26,27)18-12-8-16(9-13-18)22-14-4-5-20(22)23/h6-13,19,21H,3-5,14H2,1-2H3/t19-/m1/s1. The molecule has 1 fully saturated rings. The van der Waals surface area contributed by atoms with Crippen molar-refractivity contribution in [3.8, 4) is 0 Å². The highest BCUT2D eigenvalue weighted by Gasteiger charge is 2.24. The predicted molar refractivity (Wildman–Crippen MR) is 111 cm³/mol. The number of anilines is 1. The Morgan fingerprint density at radius 1 is 0.966 bits per heavy atom. The third-order valence-electron chi connectivity index (χ3n) is 4.95. The summed E-state index contributed by atoms with van der Waals surface area (Å²) in [5, 5.41) is 0. The Balaban J connectivity index is 1.79. The van der Waals surface area contributed by atoms with E-state index in [1.807, 2.05) is 6.92 Å². The number of hydrogen-bond acceptors (Lipinski definition) is 5. The Morgan fingerprint density at radius 2 is 1.55 bits per heavy atom. The minimum absolute atomic E-state index is 0.0438. The Kier molecular flexibility index (Phi) is 6.11. The molecule has 1 aliphatic heterocycles. The van der Waals surface area contributed by atoms with Crippen molar-refractivity contribution in [3.05, 3.63) is 54.1 Å². The van der Waals surface area contributed by atoms with Crippen molar-refractivity contribution in [3.63, 3.8) is 0 Å². The molecule has 1 N–H and O–H groups in total. The molecule has 1 amide bonds. The lowest BCUT2D eigenvalue weighted by Crippen LogP contribution is -2.28. The lowest BCUT2D eigenvalue weighted by atomic mass is 10.1. The SMILES string of the molecule is CC[C@@H](NS(=O)(=O)c1ccc(N2CCCC2=O)cc1)c1ccc(S(C)(=O)=O)cc1. The van der Waals surface area contributed by atoms with E-state index in [-0.39, 0.29) is 15.7 Å². The second-order valence-electron chi connectivity index (χ2n) is 7.07. The first-order chi connectivity index (χ1) is 13.6. The van der Waals surface area contributed by atoms with Crippen LogP contribution in [0.15, 0.2) is 58.3 Å². The monoisotopic (exact) mass is 436 g/mol. The Hall–Kier alpha value is -2.23. The van der Waals surface area contributed by atoms with Gasteiger partial charge < -0.3 is 4.90 Å². The van der Waals surface area contributed by atoms with Crippen LogP contribution in [0.1, 0.15) is 37.8 Å². The van der Waals surface area contributed by atoms with E-state index in [1.54, 1.807) is 29.2 Å². The van der Waals surface area contributed by atoms with E-state index < -0.39 is 25.9 Å². The van der Waals surface area contributed by atoms with Crippen molar-refractivity contribution in [2.75, 3.05) is 17.7 Å². The molecule has 0 bridgehead atoms. The summed E-state index contributed by atoms with van der Waals surface area (Å²) in [7, 11) is -7.10. The largest absolute Gasteiger partial charge is 0.312 e. The summed E-state index contributed by atoms with van der Waals surface area (Å²) in [6, 6.07) is 12.0. The van der Waals surface area contributed by atoms with Crippen LogP contribution in [-0.4, -0.2) is 35.5 Å². The van der Waals surface area contributed by atoms with E-state index in [0.29, 0.717) is 30.6 Å². The number of hydrogen-bond donors (Lipinski definition) is 1. The molecular formula is C20H24N2O5S2. The first-order valence-electron chi connectivity index (χ1n) is 9.34. The van der Waals surface area contributed by atoms with Gasteiger partial charge in [0, 0.05) is 31.0 Å². The molecule has 0 aromatic heterocycles. The Labute approximate surface area is 171 Å². The molecule has 1 saturated heterocycles. The van der Waals surface area contributed by atoms with Crippen molar-refractivity contribution in [1.29, 1.82) is 0 Å². The van der Waals surface area contributed by atoms with Gasteiger partial charge in [-0.15, -0.1) is 0 Å². The third kappa shape index (κ3) is 4.85. The van der Waals surface area contributed by atoms with E-state index in [2.05, 4.69) is 4.72 Å². The van der Waals surface area contributed by atoms with Crippen LogP contribution in [-0.2, 0) is 24.7 Å². The highest BCUT2D eigenvalue weighted by Crippen LogP contribution is 2.25. The fourth-order valence-electron chi connectivity index (χ4n) is 3.32. The van der Waals surface area contributed by atoms with Crippen LogP contribution in [0, 0.1) is 0 Å². The van der Waals surface area contributed by atoms with E-state index >= 15 is 0 Å². The molecule has 29 heavy (non-hydrogen) atoms. The molecule has 156 valence electrons. The number of nitrogens with one attached hydrogen (secondary N) is 1. The number of sulfonamides is 1. The van der Waals surface area contributed by atoms with Gasteiger partial charge in [0.15, 0.2) is 9.84 Å². The molecule has 7 nitrogen and oxygen atoms in total. The van der Waals surface area contributed by atoms with Gasteiger partial charge in [0.05, 0.1) is 9.79 Å². The van der Waals surface area contributed by atoms with Crippen molar-refractivity contribution < 1.29 is 21.6 Å². The topological polar surface area (TPSA) is 101 Å². The smallest absolute Gasteiger partial charge is 0.241 e. The first kappa shape index (κ1) is 21.5. The van der Waals surface area contributed by atoms with Crippen LogP contribution in [0.25, 0.3) is 0 Å². The van der Waals surface area contributed by atoms with Crippen molar-refractivity contribution in [2.45, 2.75) is 42.0 Å². The summed E-state index contributed by atoms with van der Waals surface area (Å²) in [6.45, 7) is 2.49. The fraction of sp³-hybridized carbons (Fsp3) is 0.350. The van der Waals surface area contributed by atoms with Gasteiger partial charge in [-0.05, 0) is 54.8 Å². The summed E-state index contributed by atoms with van der Waals surface area (Å²) < 4.78 is 51.5. The van der Waals surface area contributed by atoms with Gasteiger partial charge in [0.2, 0.25) is 15.9 Å². The predicted octanol–water partition coefficient (Wildman–Crippen LogP) is 2.65. The summed E-state index contributed by atoms with van der Waals surface area (Å²) in [4.78, 5) is 13.8. The molecule has 0 spiro atoms. The summed E-state index contributed by atoms with van der Waals surface area (Å²) in [6.07, 6.45) is 2.94. The van der Waals surface area contributed by atoms with Gasteiger partial charge in [0.1, 0.15) is 0 Å². The molecule has 0 unspecified atom stereocenters. The van der Waals surface area contributed by atoms with Crippen molar-refractivity contribution in [1.82, 2.24) is 4.72 Å². The molecule has 2 aromatic carbocycles. The molecule has 9 heteroatoms. The maximum Gasteiger partial charge on any atom is 0.241 e. The molecule has 0 radical (unpaired) electrons. The lowest BCUT2D eigenvalue weighted by molar-refractivity contribution is -0.117. The number of benzene rings is 2. The summed E-state index contributed by atoms with van der Waals surface area (Å²) >= 11 is 0. The quantitative estimate of drug-likeness (QED) is 0.719. The highest BCUT2D eigenvalue weighted by molar-refractivity contribution is 7.90. The molecule has 2 aromatic rings. The molecule has 0 aliphatic carbocycles. The Bertz CT molecular complexity index is 1090. The minimum atomic E-state index is -3.78. The van der Waals surface area contributed by atoms with Gasteiger partial charge in [-0.1, -0.05) is 19.1 Å². The number of carbonyl (C=O) groups is 1. The number of amides is 1. The summed E-state index contributed by atoms with van der Waals surface area (Å²) in [5.74, 6) is 0.0438. The van der Waals surface area contributed by atoms with E-state index in [1.165, 1.54) is 24.3 Å². The van der Waals surface area contributed by atoms with Gasteiger partial charge >= 0.3 is 0 Å². The van der Waals surface area contributed by atoms with Crippen LogP contribution in [0.4, 0.5) is 5.69 Å². The average Bonchev–Trinajstić information content (AvgIpc) is 3.11. The minimum Gasteiger partial charge on any atom is -0.312 e. The molecular weight excluding hydrogens is 412 g/mol. The molecule has 3 rings (SSSR count). The zero-order chi connectivity index (χ0) is 21.2. The van der Waals surface area contributed by atoms with Crippen LogP contribution < -0.4 is 9.62 Å². The average molecular weight is 437 g/mol. The fourth-order valence-corrected chi connectivity index (χ4v) is 5.25. The number of nitrogens with zero attached hydrogens (tertiary/aromatic N) is 1. The zero-order valence-corrected chi connectivity index (χ0v) is 18.0. The summed E-state index contributed by atoms with van der Waals surface area (Å²) in [5.41, 5.74) is 1.37. The van der Waals surface area contributed by atoms with Gasteiger partial charge in [-0.3, -0.25) is 4.79 Å². The second-order valence-corrected chi connectivity index (χ2v) is 10.8. The van der Waals surface area contributed by atoms with E-state index in [0.717, 1.165) is 12.7 Å². The molecule has 1 atom stereocenters. The first-order valence-corrected chi connectivity index (χ1v) is 12.7. The normalized spacial score (nSPS) is 16.2. The van der Waals surface area contributed by atoms with Crippen LogP contribution in [0.2, 0.25) is 0 Å². The van der Waals surface area contributed by atoms with Crippen LogP contribution in [0.5, 0.6) is 0 Å². The number of sulfone groups is 1. The number of carbonyl (C=O) groups excluding carboxylic acids is 1. The molecule has 0 saturated carbocycles. The zero-order valence-electron chi connectivity index (χ0n) is 16.3. The maximum atomic E-state index is 12.8. The molecule has 1 heterocycles. The maximum absolute atomic E-state index is 12.8.